The molecule has 8 nitrogen and oxygen atoms in total. The summed E-state index contributed by atoms with van der Waals surface area (Å²) >= 11 is 3.53. The zero-order valence-electron chi connectivity index (χ0n) is 19.8. The number of para-hydroxylation sites is 1. The van der Waals surface area contributed by atoms with Crippen molar-refractivity contribution in [2.24, 2.45) is 0 Å². The average Bonchev–Trinajstić information content (AvgIpc) is 3.36. The molecule has 0 atom stereocenters. The van der Waals surface area contributed by atoms with Crippen molar-refractivity contribution in [3.63, 3.8) is 0 Å². The highest BCUT2D eigenvalue weighted by atomic mass is 79.9. The van der Waals surface area contributed by atoms with E-state index in [0.717, 1.165) is 26.6 Å². The molecular formula is C29H18BrN5O3. The summed E-state index contributed by atoms with van der Waals surface area (Å²) in [4.78, 5) is 31.6. The van der Waals surface area contributed by atoms with E-state index in [9.17, 15) is 9.59 Å². The Morgan fingerprint density at radius 2 is 1.71 bits per heavy atom. The van der Waals surface area contributed by atoms with Gasteiger partial charge in [-0.1, -0.05) is 39.3 Å². The molecule has 38 heavy (non-hydrogen) atoms. The van der Waals surface area contributed by atoms with Gasteiger partial charge in [0, 0.05) is 40.4 Å². The van der Waals surface area contributed by atoms with Crippen molar-refractivity contribution in [2.45, 2.75) is 13.2 Å². The molecule has 7 aromatic rings. The summed E-state index contributed by atoms with van der Waals surface area (Å²) in [6, 6.07) is 20.3. The van der Waals surface area contributed by atoms with Crippen molar-refractivity contribution in [1.29, 1.82) is 0 Å². The van der Waals surface area contributed by atoms with Crippen molar-refractivity contribution in [3.8, 4) is 5.75 Å². The molecule has 0 amide bonds. The van der Waals surface area contributed by atoms with Crippen LogP contribution < -0.4 is 15.6 Å². The maximum absolute atomic E-state index is 13.8. The van der Waals surface area contributed by atoms with Gasteiger partial charge in [0.05, 0.1) is 27.3 Å². The molecule has 0 aliphatic carbocycles. The fourth-order valence-electron chi connectivity index (χ4n) is 4.98. The van der Waals surface area contributed by atoms with E-state index in [2.05, 4.69) is 31.2 Å². The number of hydrogen-bond donors (Lipinski definition) is 0. The molecule has 4 aromatic heterocycles. The van der Waals surface area contributed by atoms with Crippen molar-refractivity contribution >= 4 is 54.2 Å². The molecule has 0 fully saturated rings. The Morgan fingerprint density at radius 1 is 0.868 bits per heavy atom. The fourth-order valence-corrected chi connectivity index (χ4v) is 5.33. The lowest BCUT2D eigenvalue weighted by atomic mass is 10.0. The third-order valence-electron chi connectivity index (χ3n) is 6.75. The number of rotatable bonds is 5. The molecule has 0 saturated carbocycles. The quantitative estimate of drug-likeness (QED) is 0.218. The van der Waals surface area contributed by atoms with Crippen LogP contribution in [0, 0.1) is 0 Å². The van der Waals surface area contributed by atoms with Crippen LogP contribution in [0.15, 0.2) is 99.4 Å². The number of fused-ring (bicyclic) bond motifs is 3. The number of benzene rings is 3. The first-order valence-corrected chi connectivity index (χ1v) is 12.7. The van der Waals surface area contributed by atoms with Crippen LogP contribution in [-0.2, 0) is 13.2 Å². The van der Waals surface area contributed by atoms with Crippen LogP contribution in [0.4, 0.5) is 0 Å². The number of hydrogen-bond acceptors (Lipinski definition) is 6. The number of aromatic nitrogens is 5. The van der Waals surface area contributed by atoms with Crippen LogP contribution in [0.2, 0.25) is 0 Å². The van der Waals surface area contributed by atoms with E-state index in [1.54, 1.807) is 35.3 Å². The molecule has 9 heteroatoms. The van der Waals surface area contributed by atoms with Gasteiger partial charge in [-0.25, -0.2) is 4.68 Å². The molecule has 7 rings (SSSR count). The molecular weight excluding hydrogens is 546 g/mol. The summed E-state index contributed by atoms with van der Waals surface area (Å²) in [5, 5.41) is 9.72. The predicted octanol–water partition coefficient (Wildman–Crippen LogP) is 4.93. The third-order valence-corrected chi connectivity index (χ3v) is 7.24. The highest BCUT2D eigenvalue weighted by molar-refractivity contribution is 9.10. The van der Waals surface area contributed by atoms with Gasteiger partial charge in [-0.3, -0.25) is 14.6 Å². The fraction of sp³-hybridized carbons (Fsp3) is 0.0690. The van der Waals surface area contributed by atoms with Crippen LogP contribution >= 0.6 is 15.9 Å². The van der Waals surface area contributed by atoms with Gasteiger partial charge in [0.2, 0.25) is 0 Å². The molecule has 3 aromatic carbocycles. The Morgan fingerprint density at radius 3 is 2.55 bits per heavy atom. The molecule has 0 N–H and O–H groups in total. The number of ether oxygens (including phenoxy) is 1. The zero-order valence-corrected chi connectivity index (χ0v) is 21.4. The van der Waals surface area contributed by atoms with Gasteiger partial charge in [0.15, 0.2) is 17.6 Å². The highest BCUT2D eigenvalue weighted by Gasteiger charge is 2.18. The Labute approximate surface area is 223 Å². The highest BCUT2D eigenvalue weighted by Crippen LogP contribution is 2.29. The number of pyridine rings is 3. The summed E-state index contributed by atoms with van der Waals surface area (Å²) in [7, 11) is 0. The maximum Gasteiger partial charge on any atom is 0.197 e. The number of halogens is 1. The summed E-state index contributed by atoms with van der Waals surface area (Å²) in [6.07, 6.45) is 5.70. The van der Waals surface area contributed by atoms with E-state index in [4.69, 9.17) is 4.74 Å². The van der Waals surface area contributed by atoms with Gasteiger partial charge < -0.3 is 9.14 Å². The van der Waals surface area contributed by atoms with Crippen LogP contribution in [0.5, 0.6) is 5.75 Å². The minimum Gasteiger partial charge on any atom is -0.471 e. The minimum absolute atomic E-state index is 0.0761. The third kappa shape index (κ3) is 3.62. The Hall–Kier alpha value is -4.63. The standard InChI is InChI=1S/C29H18BrN5O3/c30-19-7-8-21-26(11-19)34-15-18(10-17-4-3-9-31-14-17)28(36)22-12-20(13-23(27(22)34)29(21)37)38-16-35-25-6-2-1-5-24(25)32-33-35/h1-9,11-15H,10,16H2. The van der Waals surface area contributed by atoms with E-state index >= 15 is 0 Å². The molecule has 0 spiro atoms. The average molecular weight is 564 g/mol. The van der Waals surface area contributed by atoms with E-state index in [0.29, 0.717) is 39.4 Å². The molecule has 0 aliphatic rings. The van der Waals surface area contributed by atoms with E-state index in [-0.39, 0.29) is 17.6 Å². The monoisotopic (exact) mass is 563 g/mol. The van der Waals surface area contributed by atoms with Crippen molar-refractivity contribution in [2.75, 3.05) is 0 Å². The zero-order chi connectivity index (χ0) is 25.8. The lowest BCUT2D eigenvalue weighted by Crippen LogP contribution is -2.17. The van der Waals surface area contributed by atoms with Crippen molar-refractivity contribution in [1.82, 2.24) is 24.4 Å². The predicted molar refractivity (Wildman–Crippen MR) is 149 cm³/mol. The van der Waals surface area contributed by atoms with Gasteiger partial charge in [-0.15, -0.1) is 5.10 Å². The first-order valence-electron chi connectivity index (χ1n) is 11.9. The lowest BCUT2D eigenvalue weighted by molar-refractivity contribution is 0.224. The molecule has 0 bridgehead atoms. The topological polar surface area (TPSA) is 91.4 Å². The van der Waals surface area contributed by atoms with Crippen LogP contribution in [0.25, 0.3) is 38.2 Å². The second-order valence-corrected chi connectivity index (χ2v) is 10.0. The van der Waals surface area contributed by atoms with Crippen molar-refractivity contribution < 1.29 is 4.74 Å². The summed E-state index contributed by atoms with van der Waals surface area (Å²) in [6.45, 7) is 0.0761. The SMILES string of the molecule is O=c1c(Cc2cccnc2)cn2c3cc(Br)ccc3c(=O)c3cc(OCn4nnc5ccccc54)cc1c32. The number of nitrogens with zero attached hydrogens (tertiary/aromatic N) is 5. The maximum atomic E-state index is 13.8. The largest absolute Gasteiger partial charge is 0.471 e. The van der Waals surface area contributed by atoms with Gasteiger partial charge >= 0.3 is 0 Å². The molecule has 0 aliphatic heterocycles. The summed E-state index contributed by atoms with van der Waals surface area (Å²) < 4.78 is 10.5. The van der Waals surface area contributed by atoms with Gasteiger partial charge in [-0.2, -0.15) is 0 Å². The second kappa shape index (κ2) is 8.74. The summed E-state index contributed by atoms with van der Waals surface area (Å²) in [5.41, 5.74) is 4.07. The Balaban J connectivity index is 1.45. The molecule has 0 unspecified atom stereocenters. The molecule has 0 radical (unpaired) electrons. The van der Waals surface area contributed by atoms with E-state index in [1.165, 1.54) is 0 Å². The smallest absolute Gasteiger partial charge is 0.197 e. The minimum atomic E-state index is -0.159. The molecule has 184 valence electrons. The van der Waals surface area contributed by atoms with Crippen LogP contribution in [-0.4, -0.2) is 24.4 Å². The normalized spacial score (nSPS) is 11.7. The Kier molecular flexibility index (Phi) is 5.19. The van der Waals surface area contributed by atoms with Crippen LogP contribution in [0.3, 0.4) is 0 Å². The van der Waals surface area contributed by atoms with Crippen molar-refractivity contribution in [3.05, 3.63) is 121 Å². The second-order valence-electron chi connectivity index (χ2n) is 9.10. The molecule has 4 heterocycles. The lowest BCUT2D eigenvalue weighted by Gasteiger charge is -2.15. The van der Waals surface area contributed by atoms with Gasteiger partial charge in [0.25, 0.3) is 0 Å². The van der Waals surface area contributed by atoms with Gasteiger partial charge in [-0.05, 0) is 54.1 Å². The van der Waals surface area contributed by atoms with Crippen LogP contribution in [0.1, 0.15) is 11.1 Å². The molecule has 0 saturated heterocycles. The first kappa shape index (κ1) is 22.6. The summed E-state index contributed by atoms with van der Waals surface area (Å²) in [5.74, 6) is 0.406. The first-order chi connectivity index (χ1) is 18.6. The van der Waals surface area contributed by atoms with Gasteiger partial charge in [0.1, 0.15) is 11.3 Å². The Bertz CT molecular complexity index is 2120. The van der Waals surface area contributed by atoms with E-state index < -0.39 is 0 Å². The van der Waals surface area contributed by atoms with E-state index in [1.807, 2.05) is 59.1 Å².